The van der Waals surface area contributed by atoms with E-state index in [1.165, 1.54) is 11.3 Å². The molecule has 0 aliphatic rings. The van der Waals surface area contributed by atoms with Gasteiger partial charge in [-0.15, -0.1) is 10.2 Å². The predicted molar refractivity (Wildman–Crippen MR) is 121 cm³/mol. The van der Waals surface area contributed by atoms with Crippen LogP contribution in [0.3, 0.4) is 0 Å². The van der Waals surface area contributed by atoms with Crippen LogP contribution in [0.1, 0.15) is 19.8 Å². The number of benzene rings is 2. The van der Waals surface area contributed by atoms with Gasteiger partial charge in [-0.2, -0.15) is 0 Å². The first-order chi connectivity index (χ1) is 15.0. The maximum absolute atomic E-state index is 12.0. The van der Waals surface area contributed by atoms with Gasteiger partial charge in [-0.3, -0.25) is 9.59 Å². The molecular weight excluding hydrogens is 416 g/mol. The minimum atomic E-state index is -0.375. The van der Waals surface area contributed by atoms with Crippen LogP contribution >= 0.6 is 11.3 Å². The van der Waals surface area contributed by atoms with E-state index in [-0.39, 0.29) is 24.7 Å². The number of amides is 1. The number of hydrogen-bond acceptors (Lipinski definition) is 8. The van der Waals surface area contributed by atoms with Crippen molar-refractivity contribution in [3.8, 4) is 16.3 Å². The average molecular weight is 441 g/mol. The molecule has 0 fully saturated rings. The number of nitrogens with one attached hydrogen (secondary N) is 1. The summed E-state index contributed by atoms with van der Waals surface area (Å²) in [6.45, 7) is 2.04. The molecule has 1 N–H and O–H groups in total. The van der Waals surface area contributed by atoms with E-state index in [1.807, 2.05) is 48.3 Å². The van der Waals surface area contributed by atoms with Crippen LogP contribution in [0, 0.1) is 0 Å². The van der Waals surface area contributed by atoms with Gasteiger partial charge in [0, 0.05) is 30.4 Å². The second-order valence-corrected chi connectivity index (χ2v) is 7.53. The third-order valence-corrected chi connectivity index (χ3v) is 5.49. The van der Waals surface area contributed by atoms with Crippen molar-refractivity contribution in [1.29, 1.82) is 0 Å². The Kier molecular flexibility index (Phi) is 7.55. The van der Waals surface area contributed by atoms with Crippen molar-refractivity contribution < 1.29 is 19.1 Å². The van der Waals surface area contributed by atoms with Crippen molar-refractivity contribution >= 4 is 39.7 Å². The molecule has 0 aliphatic carbocycles. The molecule has 9 heteroatoms. The molecule has 0 unspecified atom stereocenters. The molecule has 0 aliphatic heterocycles. The molecule has 162 valence electrons. The quantitative estimate of drug-likeness (QED) is 0.497. The summed E-state index contributed by atoms with van der Waals surface area (Å²) in [5.74, 6) is 0.183. The summed E-state index contributed by atoms with van der Waals surface area (Å²) >= 11 is 1.47. The molecular formula is C22H24N4O4S. The minimum Gasteiger partial charge on any atom is -0.497 e. The highest BCUT2D eigenvalue weighted by Crippen LogP contribution is 2.32. The standard InChI is InChI=1S/C22H24N4O4S/c1-4-30-20(28)14-13-19(27)23-16-7-5-15(6-8-16)21-24-25-22(31-21)26(2)17-9-11-18(29-3)12-10-17/h5-12H,4,13-14H2,1-3H3,(H,23,27). The molecule has 3 rings (SSSR count). The average Bonchev–Trinajstić information content (AvgIpc) is 3.28. The van der Waals surface area contributed by atoms with Crippen LogP contribution in [0.5, 0.6) is 5.75 Å². The summed E-state index contributed by atoms with van der Waals surface area (Å²) in [7, 11) is 3.57. The third kappa shape index (κ3) is 6.02. The number of aromatic nitrogens is 2. The lowest BCUT2D eigenvalue weighted by Gasteiger charge is -2.15. The Morgan fingerprint density at radius 3 is 2.39 bits per heavy atom. The molecule has 0 saturated heterocycles. The minimum absolute atomic E-state index is 0.0625. The number of rotatable bonds is 9. The fourth-order valence-electron chi connectivity index (χ4n) is 2.75. The largest absolute Gasteiger partial charge is 0.497 e. The van der Waals surface area contributed by atoms with E-state index < -0.39 is 0 Å². The van der Waals surface area contributed by atoms with E-state index in [4.69, 9.17) is 9.47 Å². The summed E-state index contributed by atoms with van der Waals surface area (Å²) in [6.07, 6.45) is 0.144. The number of nitrogens with zero attached hydrogens (tertiary/aromatic N) is 3. The second-order valence-electron chi connectivity index (χ2n) is 6.58. The first-order valence-electron chi connectivity index (χ1n) is 9.77. The lowest BCUT2D eigenvalue weighted by atomic mass is 10.2. The number of esters is 1. The van der Waals surface area contributed by atoms with Gasteiger partial charge in [-0.1, -0.05) is 11.3 Å². The fraction of sp³-hybridized carbons (Fsp3) is 0.273. The van der Waals surface area contributed by atoms with Crippen LogP contribution in [0.15, 0.2) is 48.5 Å². The normalized spacial score (nSPS) is 10.4. The molecule has 0 atom stereocenters. The first kappa shape index (κ1) is 22.2. The van der Waals surface area contributed by atoms with Crippen LogP contribution in [-0.4, -0.2) is 42.8 Å². The zero-order chi connectivity index (χ0) is 22.2. The van der Waals surface area contributed by atoms with Crippen LogP contribution in [0.4, 0.5) is 16.5 Å². The third-order valence-electron chi connectivity index (χ3n) is 4.44. The highest BCUT2D eigenvalue weighted by atomic mass is 32.1. The number of anilines is 3. The van der Waals surface area contributed by atoms with Crippen molar-refractivity contribution in [2.75, 3.05) is 31.0 Å². The Balaban J connectivity index is 1.60. The Hall–Kier alpha value is -3.46. The Labute approximate surface area is 184 Å². The number of carbonyl (C=O) groups excluding carboxylic acids is 2. The Bertz CT molecular complexity index is 1020. The van der Waals surface area contributed by atoms with E-state index in [0.717, 1.165) is 27.1 Å². The zero-order valence-electron chi connectivity index (χ0n) is 17.6. The van der Waals surface area contributed by atoms with E-state index in [0.29, 0.717) is 12.3 Å². The molecule has 3 aromatic rings. The SMILES string of the molecule is CCOC(=O)CCC(=O)Nc1ccc(-c2nnc(N(C)c3ccc(OC)cc3)s2)cc1. The Morgan fingerprint density at radius 1 is 1.03 bits per heavy atom. The van der Waals surface area contributed by atoms with Crippen LogP contribution in [0.2, 0.25) is 0 Å². The predicted octanol–water partition coefficient (Wildman–Crippen LogP) is 4.26. The summed E-state index contributed by atoms with van der Waals surface area (Å²) in [5, 5.41) is 12.9. The molecule has 0 radical (unpaired) electrons. The summed E-state index contributed by atoms with van der Waals surface area (Å²) in [4.78, 5) is 25.3. The van der Waals surface area contributed by atoms with Crippen molar-refractivity contribution in [2.24, 2.45) is 0 Å². The van der Waals surface area contributed by atoms with Crippen molar-refractivity contribution in [1.82, 2.24) is 10.2 Å². The lowest BCUT2D eigenvalue weighted by Crippen LogP contribution is -2.14. The Morgan fingerprint density at radius 2 is 1.74 bits per heavy atom. The second kappa shape index (κ2) is 10.5. The van der Waals surface area contributed by atoms with Gasteiger partial charge in [0.25, 0.3) is 0 Å². The molecule has 31 heavy (non-hydrogen) atoms. The number of ether oxygens (including phenoxy) is 2. The molecule has 1 amide bonds. The smallest absolute Gasteiger partial charge is 0.306 e. The van der Waals surface area contributed by atoms with Crippen LogP contribution in [-0.2, 0) is 14.3 Å². The lowest BCUT2D eigenvalue weighted by molar-refractivity contribution is -0.144. The number of methoxy groups -OCH3 is 1. The summed E-state index contributed by atoms with van der Waals surface area (Å²) < 4.78 is 10.0. The molecule has 0 saturated carbocycles. The van der Waals surface area contributed by atoms with Gasteiger partial charge < -0.3 is 19.7 Å². The zero-order valence-corrected chi connectivity index (χ0v) is 18.4. The van der Waals surface area contributed by atoms with Gasteiger partial charge in [0.1, 0.15) is 10.8 Å². The summed E-state index contributed by atoms with van der Waals surface area (Å²) in [6, 6.07) is 15.1. The number of hydrogen-bond donors (Lipinski definition) is 1. The van der Waals surface area contributed by atoms with Gasteiger partial charge in [0.05, 0.1) is 20.1 Å². The first-order valence-corrected chi connectivity index (χ1v) is 10.6. The van der Waals surface area contributed by atoms with Crippen LogP contribution < -0.4 is 15.0 Å². The van der Waals surface area contributed by atoms with E-state index in [1.54, 1.807) is 26.2 Å². The molecule has 2 aromatic carbocycles. The van der Waals surface area contributed by atoms with Gasteiger partial charge in [0.15, 0.2) is 0 Å². The fourth-order valence-corrected chi connectivity index (χ4v) is 3.58. The van der Waals surface area contributed by atoms with Gasteiger partial charge in [-0.25, -0.2) is 0 Å². The molecule has 0 bridgehead atoms. The van der Waals surface area contributed by atoms with Crippen molar-refractivity contribution in [2.45, 2.75) is 19.8 Å². The van der Waals surface area contributed by atoms with Crippen molar-refractivity contribution in [3.05, 3.63) is 48.5 Å². The molecule has 0 spiro atoms. The van der Waals surface area contributed by atoms with E-state index >= 15 is 0 Å². The topological polar surface area (TPSA) is 93.7 Å². The monoisotopic (exact) mass is 440 g/mol. The maximum atomic E-state index is 12.0. The summed E-state index contributed by atoms with van der Waals surface area (Å²) in [5.41, 5.74) is 2.53. The molecule has 1 heterocycles. The highest BCUT2D eigenvalue weighted by Gasteiger charge is 2.13. The van der Waals surface area contributed by atoms with Gasteiger partial charge in [-0.05, 0) is 55.5 Å². The van der Waals surface area contributed by atoms with Crippen LogP contribution in [0.25, 0.3) is 10.6 Å². The van der Waals surface area contributed by atoms with Gasteiger partial charge >= 0.3 is 5.97 Å². The van der Waals surface area contributed by atoms with Gasteiger partial charge in [0.2, 0.25) is 11.0 Å². The molecule has 8 nitrogen and oxygen atoms in total. The molecule has 1 aromatic heterocycles. The highest BCUT2D eigenvalue weighted by molar-refractivity contribution is 7.18. The van der Waals surface area contributed by atoms with Crippen molar-refractivity contribution in [3.63, 3.8) is 0 Å². The van der Waals surface area contributed by atoms with E-state index in [9.17, 15) is 9.59 Å². The number of carbonyl (C=O) groups is 2. The van der Waals surface area contributed by atoms with E-state index in [2.05, 4.69) is 15.5 Å². The maximum Gasteiger partial charge on any atom is 0.306 e.